The Bertz CT molecular complexity index is 3580. The van der Waals surface area contributed by atoms with Crippen molar-refractivity contribution < 1.29 is 136 Å². The molecule has 3 heterocycles. The number of amides is 6. The van der Waals surface area contributed by atoms with E-state index in [2.05, 4.69) is 26.3 Å². The van der Waals surface area contributed by atoms with E-state index in [9.17, 15) is 103 Å². The molecule has 4 rings (SSSR count). The van der Waals surface area contributed by atoms with E-state index in [4.69, 9.17) is 44.6 Å². The number of cyclic esters (lactones) is 1. The fourth-order valence-electron chi connectivity index (χ4n) is 14.2. The van der Waals surface area contributed by atoms with Crippen molar-refractivity contribution in [3.05, 3.63) is 47.6 Å². The number of piperidine rings is 1. The number of Topliss-reactive ketones (excluding diaryl/α,β-unsaturated/α-hetero) is 3. The molecule has 1 saturated carbocycles. The third-order valence-corrected chi connectivity index (χ3v) is 23.0. The van der Waals surface area contributed by atoms with Crippen LogP contribution in [0.2, 0.25) is 0 Å². The standard InChI is InChI=1S/C77H117N9O28S2/c1-40-18-13-12-14-19-41(2)58(108-9)34-49-24-22-46(7)77(107,114-49)67(97)72(102)86-27-16-15-21-55(86)74(105)112-59(43(4)32-48-23-25-56(88)60(33-48)109-10)38-57(89)42(3)31-45(6)65(66(110-11)64(96)44(5)30-40)113-76(106)111-28-29-115-116-39-54(73(103)104)85-71(101)53(37-63(94)95)84-70(100)52(36-62(92)93)83-68(98)50(20-17-26-80-75(78)79)82-69(99)51(35-61(90)91)81-47(8)87/h12-14,18-19,31,40,42-44,46,48-56,58-60,65-66,88,107H,15-17,20-30,32-39H2,1-11H3,(H,81,87)(H,82,99)(H,83,98)(H,84,100)(H,85,101)(H,90,91)(H,92,93)(H,94,95)(H,103,104)(H4,78,79,80)/b14-12?,18-13+,41-19?,45-31+/t40-,42-,43-,44-,46-,48+,49+,50?,51?,52?,53?,54?,55+,56-,58+,59+,60-,65-,66+,77-/m1/s1. The highest BCUT2D eigenvalue weighted by atomic mass is 33.1. The predicted octanol–water partition coefficient (Wildman–Crippen LogP) is 2.73. The lowest BCUT2D eigenvalue weighted by atomic mass is 9.78. The molecule has 0 aromatic heterocycles. The summed E-state index contributed by atoms with van der Waals surface area (Å²) in [6.07, 6.45) is 2.58. The zero-order chi connectivity index (χ0) is 86.8. The molecule has 0 aromatic carbocycles. The zero-order valence-corrected chi connectivity index (χ0v) is 69.2. The highest BCUT2D eigenvalue weighted by Crippen LogP contribution is 2.38. The van der Waals surface area contributed by atoms with E-state index < -0.39 is 229 Å². The summed E-state index contributed by atoms with van der Waals surface area (Å²) in [6.45, 7) is 12.3. The van der Waals surface area contributed by atoms with Gasteiger partial charge in [-0.1, -0.05) is 92.7 Å². The molecule has 2 bridgehead atoms. The predicted molar refractivity (Wildman–Crippen MR) is 420 cm³/mol. The molecule has 4 aliphatic rings. The summed E-state index contributed by atoms with van der Waals surface area (Å²) in [5.41, 5.74) is 11.7. The van der Waals surface area contributed by atoms with Crippen LogP contribution in [-0.4, -0.2) is 268 Å². The van der Waals surface area contributed by atoms with Crippen LogP contribution in [0.5, 0.6) is 0 Å². The van der Waals surface area contributed by atoms with Gasteiger partial charge in [0, 0.05) is 83.4 Å². The van der Waals surface area contributed by atoms with E-state index in [0.717, 1.165) is 39.0 Å². The number of carboxylic acids is 4. The third kappa shape index (κ3) is 32.6. The molecule has 39 heteroatoms. The number of aliphatic imine (C=N–C) groups is 1. The largest absolute Gasteiger partial charge is 0.509 e. The van der Waals surface area contributed by atoms with E-state index in [1.807, 2.05) is 38.2 Å². The number of methoxy groups -OCH3 is 3. The van der Waals surface area contributed by atoms with E-state index in [-0.39, 0.29) is 80.7 Å². The second-order valence-corrected chi connectivity index (χ2v) is 32.6. The van der Waals surface area contributed by atoms with Crippen LogP contribution < -0.4 is 38.1 Å². The smallest absolute Gasteiger partial charge is 0.481 e. The number of guanidine groups is 1. The first kappa shape index (κ1) is 99.5. The number of aliphatic carboxylic acids is 4. The Kier molecular flexibility index (Phi) is 42.4. The van der Waals surface area contributed by atoms with Gasteiger partial charge in [0.2, 0.25) is 35.3 Å². The summed E-state index contributed by atoms with van der Waals surface area (Å²) in [6, 6.07) is -10.8. The molecule has 3 aliphatic heterocycles. The highest BCUT2D eigenvalue weighted by Gasteiger charge is 2.53. The van der Waals surface area contributed by atoms with Crippen molar-refractivity contribution >= 4 is 116 Å². The first-order valence-corrected chi connectivity index (χ1v) is 41.1. The summed E-state index contributed by atoms with van der Waals surface area (Å²) in [5, 5.41) is 72.5. The van der Waals surface area contributed by atoms with Crippen LogP contribution >= 0.6 is 21.6 Å². The number of hydrogen-bond donors (Lipinski definition) is 13. The summed E-state index contributed by atoms with van der Waals surface area (Å²) in [4.78, 5) is 207. The van der Waals surface area contributed by atoms with Gasteiger partial charge in [-0.2, -0.15) is 0 Å². The van der Waals surface area contributed by atoms with E-state index >= 15 is 0 Å². The molecule has 2 saturated heterocycles. The van der Waals surface area contributed by atoms with Crippen LogP contribution in [-0.2, 0) is 100 Å². The van der Waals surface area contributed by atoms with Gasteiger partial charge < -0.3 is 107 Å². The number of aliphatic hydroxyl groups excluding tert-OH is 1. The Hall–Kier alpha value is -8.86. The molecule has 15 N–H and O–H groups in total. The summed E-state index contributed by atoms with van der Waals surface area (Å²) in [5.74, 6) is -23.8. The monoisotopic (exact) mass is 1680 g/mol. The average molecular weight is 1680 g/mol. The van der Waals surface area contributed by atoms with Crippen LogP contribution in [0.15, 0.2) is 52.6 Å². The van der Waals surface area contributed by atoms with Gasteiger partial charge in [-0.3, -0.25) is 62.5 Å². The molecule has 3 fully saturated rings. The molecule has 116 heavy (non-hydrogen) atoms. The van der Waals surface area contributed by atoms with Gasteiger partial charge in [0.25, 0.3) is 11.7 Å². The Labute approximate surface area is 681 Å². The molecule has 650 valence electrons. The lowest BCUT2D eigenvalue weighted by Crippen LogP contribution is -2.61. The minimum absolute atomic E-state index is 0.0305. The SMILES string of the molecule is CO[C@H]1C[C@@H]2CC[C@@H](C)[C@@](O)(O2)C(=O)C(=O)N2CCCC[C@H]2C(=O)O[C@H]([C@H](C)C[C@@H]2CC[C@@H](O)[C@H](OC)C2)CC(=O)[C@H](C)/C=C(\C)[C@@H](OC(=O)OCCSSCC(NC(=O)C(CC(=O)O)NC(=O)C(CC(=O)O)NC(=O)C(CCCN=C(N)N)NC(=O)C(CC(=O)O)NC(C)=O)C(=O)O)[C@@H](OC)C(=O)[C@H](C)C[C@H](C)/C=C/C=CC=C1C. The molecule has 5 unspecified atom stereocenters. The number of rotatable bonds is 33. The molecule has 0 spiro atoms. The number of fused-ring (bicyclic) bond motifs is 3. The molecular formula is C77H117N9O28S2. The third-order valence-electron chi connectivity index (χ3n) is 20.7. The average Bonchev–Trinajstić information content (AvgIpc) is 0.771. The van der Waals surface area contributed by atoms with Gasteiger partial charge in [0.15, 0.2) is 24.0 Å². The minimum Gasteiger partial charge on any atom is -0.481 e. The fourth-order valence-corrected chi connectivity index (χ4v) is 16.1. The first-order valence-electron chi connectivity index (χ1n) is 38.6. The number of nitrogens with two attached hydrogens (primary N) is 2. The maximum atomic E-state index is 14.8. The van der Waals surface area contributed by atoms with Crippen molar-refractivity contribution in [1.82, 2.24) is 31.5 Å². The summed E-state index contributed by atoms with van der Waals surface area (Å²) >= 11 is 0. The highest BCUT2D eigenvalue weighted by molar-refractivity contribution is 8.76. The molecule has 0 aromatic rings. The number of esters is 1. The van der Waals surface area contributed by atoms with Gasteiger partial charge in [0.05, 0.1) is 43.7 Å². The Morgan fingerprint density at radius 3 is 1.89 bits per heavy atom. The van der Waals surface area contributed by atoms with E-state index in [1.165, 1.54) is 34.3 Å². The molecule has 6 amide bonds. The number of hydrogen-bond acceptors (Lipinski definition) is 27. The van der Waals surface area contributed by atoms with Crippen molar-refractivity contribution in [3.8, 4) is 0 Å². The normalized spacial score (nSPS) is 27.9. The molecule has 37 nitrogen and oxygen atoms in total. The molecular weight excluding hydrogens is 1560 g/mol. The van der Waals surface area contributed by atoms with Crippen molar-refractivity contribution in [2.45, 2.75) is 249 Å². The Morgan fingerprint density at radius 1 is 0.707 bits per heavy atom. The summed E-state index contributed by atoms with van der Waals surface area (Å²) in [7, 11) is 6.00. The second-order valence-electron chi connectivity index (χ2n) is 30.0. The number of ketones is 3. The van der Waals surface area contributed by atoms with Crippen molar-refractivity contribution in [2.75, 3.05) is 52.5 Å². The van der Waals surface area contributed by atoms with Crippen LogP contribution in [0, 0.1) is 35.5 Å². The number of carboxylic acid groups (broad SMARTS) is 4. The quantitative estimate of drug-likeness (QED) is 0.00854. The number of carbonyl (C=O) groups excluding carboxylic acids is 11. The molecule has 0 radical (unpaired) electrons. The lowest BCUT2D eigenvalue weighted by Gasteiger charge is -2.42. The Balaban J connectivity index is 1.60. The van der Waals surface area contributed by atoms with Crippen molar-refractivity contribution in [1.29, 1.82) is 0 Å². The summed E-state index contributed by atoms with van der Waals surface area (Å²) < 4.78 is 41.2. The number of nitrogens with one attached hydrogen (secondary N) is 5. The van der Waals surface area contributed by atoms with Crippen LogP contribution in [0.4, 0.5) is 4.79 Å². The van der Waals surface area contributed by atoms with Crippen LogP contribution in [0.25, 0.3) is 0 Å². The number of ether oxygens (including phenoxy) is 7. The number of carbonyl (C=O) groups is 15. The maximum Gasteiger partial charge on any atom is 0.509 e. The van der Waals surface area contributed by atoms with E-state index in [0.29, 0.717) is 51.4 Å². The molecule has 20 atom stereocenters. The van der Waals surface area contributed by atoms with Crippen molar-refractivity contribution in [2.24, 2.45) is 52.0 Å². The van der Waals surface area contributed by atoms with Gasteiger partial charge in [0.1, 0.15) is 54.7 Å². The van der Waals surface area contributed by atoms with Crippen LogP contribution in [0.3, 0.4) is 0 Å². The lowest BCUT2D eigenvalue weighted by molar-refractivity contribution is -0.265. The number of nitrogens with zero attached hydrogens (tertiary/aromatic N) is 2. The number of aliphatic hydroxyl groups is 2. The second kappa shape index (κ2) is 49.4. The van der Waals surface area contributed by atoms with Gasteiger partial charge in [-0.25, -0.2) is 14.4 Å². The number of allylic oxidation sites excluding steroid dienone is 6. The first-order chi connectivity index (χ1) is 54.6. The van der Waals surface area contributed by atoms with Gasteiger partial charge in [-0.15, -0.1) is 0 Å². The van der Waals surface area contributed by atoms with Crippen molar-refractivity contribution in [3.63, 3.8) is 0 Å². The topological polar surface area (TPSA) is 570 Å². The zero-order valence-electron chi connectivity index (χ0n) is 67.5. The van der Waals surface area contributed by atoms with Crippen LogP contribution in [0.1, 0.15) is 165 Å². The fraction of sp³-hybridized carbons (Fsp3) is 0.688. The van der Waals surface area contributed by atoms with Gasteiger partial charge >= 0.3 is 36.0 Å². The minimum atomic E-state index is -2.55. The maximum absolute atomic E-state index is 14.8. The van der Waals surface area contributed by atoms with Gasteiger partial charge in [-0.05, 0) is 120 Å². The molecule has 1 aliphatic carbocycles. The Morgan fingerprint density at radius 2 is 1.31 bits per heavy atom. The van der Waals surface area contributed by atoms with E-state index in [1.54, 1.807) is 39.0 Å².